The van der Waals surface area contributed by atoms with E-state index in [1.807, 2.05) is 32.0 Å². The fourth-order valence-electron chi connectivity index (χ4n) is 1.74. The van der Waals surface area contributed by atoms with Gasteiger partial charge >= 0.3 is 5.97 Å². The monoisotopic (exact) mass is 219 g/mol. The molecule has 1 atom stereocenters. The van der Waals surface area contributed by atoms with E-state index in [0.717, 1.165) is 16.8 Å². The number of carbonyl (C=O) groups excluding carboxylic acids is 1. The second-order valence-corrected chi connectivity index (χ2v) is 4.11. The molecule has 0 aliphatic carbocycles. The molecule has 2 rings (SSSR count). The summed E-state index contributed by atoms with van der Waals surface area (Å²) in [6, 6.07) is 5.69. The number of carboxylic acid groups (broad SMARTS) is 1. The summed E-state index contributed by atoms with van der Waals surface area (Å²) in [7, 11) is 0. The van der Waals surface area contributed by atoms with Gasteiger partial charge in [-0.25, -0.2) is 0 Å². The second kappa shape index (κ2) is 3.63. The highest BCUT2D eigenvalue weighted by atomic mass is 16.4. The van der Waals surface area contributed by atoms with Crippen LogP contribution < -0.4 is 4.90 Å². The zero-order chi connectivity index (χ0) is 11.9. The Labute approximate surface area is 93.5 Å². The highest BCUT2D eigenvalue weighted by Crippen LogP contribution is 2.27. The van der Waals surface area contributed by atoms with Crippen molar-refractivity contribution in [2.45, 2.75) is 13.8 Å². The zero-order valence-electron chi connectivity index (χ0n) is 9.23. The lowest BCUT2D eigenvalue weighted by molar-refractivity contribution is -0.149. The smallest absolute Gasteiger partial charge is 0.317 e. The first-order valence-corrected chi connectivity index (χ1v) is 5.12. The number of amides is 1. The molecular weight excluding hydrogens is 206 g/mol. The summed E-state index contributed by atoms with van der Waals surface area (Å²) in [5, 5.41) is 8.72. The first kappa shape index (κ1) is 10.7. The molecule has 0 spiro atoms. The predicted molar refractivity (Wildman–Crippen MR) is 59.4 cm³/mol. The van der Waals surface area contributed by atoms with Crippen molar-refractivity contribution in [2.24, 2.45) is 5.92 Å². The number of carboxylic acids is 1. The van der Waals surface area contributed by atoms with Crippen molar-refractivity contribution in [3.05, 3.63) is 29.3 Å². The normalized spacial score (nSPS) is 19.5. The van der Waals surface area contributed by atoms with E-state index in [-0.39, 0.29) is 12.5 Å². The van der Waals surface area contributed by atoms with E-state index in [2.05, 4.69) is 0 Å². The Bertz CT molecular complexity index is 467. The number of carbonyl (C=O) groups is 2. The van der Waals surface area contributed by atoms with Crippen LogP contribution in [0.3, 0.4) is 0 Å². The molecule has 1 unspecified atom stereocenters. The van der Waals surface area contributed by atoms with E-state index in [1.54, 1.807) is 0 Å². The minimum absolute atomic E-state index is 0.274. The number of aliphatic carboxylic acids is 1. The van der Waals surface area contributed by atoms with Gasteiger partial charge < -0.3 is 10.0 Å². The van der Waals surface area contributed by atoms with Crippen LogP contribution in [-0.4, -0.2) is 23.5 Å². The molecule has 1 N–H and O–H groups in total. The highest BCUT2D eigenvalue weighted by molar-refractivity contribution is 6.12. The van der Waals surface area contributed by atoms with E-state index in [1.165, 1.54) is 4.90 Å². The summed E-state index contributed by atoms with van der Waals surface area (Å²) < 4.78 is 0. The molecule has 1 heterocycles. The van der Waals surface area contributed by atoms with Gasteiger partial charge in [-0.3, -0.25) is 9.59 Å². The molecule has 0 aromatic heterocycles. The molecule has 0 bridgehead atoms. The molecule has 1 fully saturated rings. The summed E-state index contributed by atoms with van der Waals surface area (Å²) in [6.07, 6.45) is 0. The Morgan fingerprint density at radius 3 is 2.56 bits per heavy atom. The number of nitrogens with zero attached hydrogens (tertiary/aromatic N) is 1. The fraction of sp³-hybridized carbons (Fsp3) is 0.333. The molecule has 1 amide bonds. The van der Waals surface area contributed by atoms with E-state index in [4.69, 9.17) is 5.11 Å². The first-order chi connectivity index (χ1) is 7.50. The minimum Gasteiger partial charge on any atom is -0.481 e. The van der Waals surface area contributed by atoms with Gasteiger partial charge in [-0.15, -0.1) is 0 Å². The summed E-state index contributed by atoms with van der Waals surface area (Å²) in [5.74, 6) is -2.22. The zero-order valence-corrected chi connectivity index (χ0v) is 9.23. The van der Waals surface area contributed by atoms with Gasteiger partial charge in [-0.2, -0.15) is 0 Å². The molecule has 1 saturated heterocycles. The Balaban J connectivity index is 2.19. The number of aryl methyl sites for hydroxylation is 2. The van der Waals surface area contributed by atoms with Crippen LogP contribution in [0, 0.1) is 19.8 Å². The van der Waals surface area contributed by atoms with Gasteiger partial charge in [0.05, 0.1) is 0 Å². The molecule has 0 radical (unpaired) electrons. The number of benzene rings is 1. The Hall–Kier alpha value is -1.84. The molecule has 1 aromatic carbocycles. The predicted octanol–water partition coefficient (Wildman–Crippen LogP) is 1.35. The summed E-state index contributed by atoms with van der Waals surface area (Å²) >= 11 is 0. The third-order valence-electron chi connectivity index (χ3n) is 3.03. The van der Waals surface area contributed by atoms with Crippen LogP contribution in [-0.2, 0) is 9.59 Å². The first-order valence-electron chi connectivity index (χ1n) is 5.12. The molecular formula is C12H13NO3. The topological polar surface area (TPSA) is 57.6 Å². The third-order valence-corrected chi connectivity index (χ3v) is 3.03. The maximum absolute atomic E-state index is 11.5. The maximum atomic E-state index is 11.5. The fourth-order valence-corrected chi connectivity index (χ4v) is 1.74. The quantitative estimate of drug-likeness (QED) is 0.603. The van der Waals surface area contributed by atoms with Crippen LogP contribution in [0.5, 0.6) is 0 Å². The van der Waals surface area contributed by atoms with Crippen LogP contribution in [0.4, 0.5) is 5.69 Å². The van der Waals surface area contributed by atoms with E-state index >= 15 is 0 Å². The van der Waals surface area contributed by atoms with Crippen molar-refractivity contribution < 1.29 is 14.7 Å². The van der Waals surface area contributed by atoms with Gasteiger partial charge in [-0.05, 0) is 37.1 Å². The Morgan fingerprint density at radius 1 is 1.38 bits per heavy atom. The van der Waals surface area contributed by atoms with Gasteiger partial charge in [0, 0.05) is 12.2 Å². The van der Waals surface area contributed by atoms with Crippen molar-refractivity contribution in [1.82, 2.24) is 0 Å². The van der Waals surface area contributed by atoms with Crippen molar-refractivity contribution in [3.63, 3.8) is 0 Å². The number of hydrogen-bond acceptors (Lipinski definition) is 2. The lowest BCUT2D eigenvalue weighted by Crippen LogP contribution is -2.56. The average molecular weight is 219 g/mol. The van der Waals surface area contributed by atoms with Crippen molar-refractivity contribution in [1.29, 1.82) is 0 Å². The Kier molecular flexibility index (Phi) is 2.42. The van der Waals surface area contributed by atoms with Crippen LogP contribution in [0.2, 0.25) is 0 Å². The number of anilines is 1. The van der Waals surface area contributed by atoms with Gasteiger partial charge in [0.25, 0.3) is 0 Å². The third kappa shape index (κ3) is 1.56. The summed E-state index contributed by atoms with van der Waals surface area (Å²) in [6.45, 7) is 4.24. The van der Waals surface area contributed by atoms with E-state index < -0.39 is 11.9 Å². The van der Waals surface area contributed by atoms with Gasteiger partial charge in [0.15, 0.2) is 5.92 Å². The van der Waals surface area contributed by atoms with E-state index in [0.29, 0.717) is 0 Å². The lowest BCUT2D eigenvalue weighted by atomic mass is 9.97. The number of β-lactam (4-membered cyclic amide) rings is 1. The minimum atomic E-state index is -1.04. The van der Waals surface area contributed by atoms with Gasteiger partial charge in [-0.1, -0.05) is 6.07 Å². The van der Waals surface area contributed by atoms with E-state index in [9.17, 15) is 9.59 Å². The number of hydrogen-bond donors (Lipinski definition) is 1. The molecule has 1 aliphatic rings. The lowest BCUT2D eigenvalue weighted by Gasteiger charge is -2.36. The van der Waals surface area contributed by atoms with Crippen LogP contribution >= 0.6 is 0 Å². The molecule has 0 saturated carbocycles. The molecule has 16 heavy (non-hydrogen) atoms. The largest absolute Gasteiger partial charge is 0.481 e. The van der Waals surface area contributed by atoms with Gasteiger partial charge in [0.1, 0.15) is 0 Å². The second-order valence-electron chi connectivity index (χ2n) is 4.11. The summed E-state index contributed by atoms with van der Waals surface area (Å²) in [5.41, 5.74) is 3.04. The standard InChI is InChI=1S/C12H13NO3/c1-7-3-4-9(5-8(7)2)13-6-10(11(13)14)12(15)16/h3-5,10H,6H2,1-2H3,(H,15,16). The summed E-state index contributed by atoms with van der Waals surface area (Å²) in [4.78, 5) is 23.7. The SMILES string of the molecule is Cc1ccc(N2CC(C(=O)O)C2=O)cc1C. The van der Waals surface area contributed by atoms with Crippen LogP contribution in [0.25, 0.3) is 0 Å². The molecule has 4 nitrogen and oxygen atoms in total. The molecule has 84 valence electrons. The maximum Gasteiger partial charge on any atom is 0.317 e. The molecule has 1 aliphatic heterocycles. The Morgan fingerprint density at radius 2 is 2.06 bits per heavy atom. The van der Waals surface area contributed by atoms with Crippen LogP contribution in [0.15, 0.2) is 18.2 Å². The average Bonchev–Trinajstić information content (AvgIpc) is 2.20. The molecule has 1 aromatic rings. The molecule has 4 heteroatoms. The van der Waals surface area contributed by atoms with Crippen molar-refractivity contribution >= 4 is 17.6 Å². The highest BCUT2D eigenvalue weighted by Gasteiger charge is 2.42. The van der Waals surface area contributed by atoms with Crippen LogP contribution in [0.1, 0.15) is 11.1 Å². The van der Waals surface area contributed by atoms with Gasteiger partial charge in [0.2, 0.25) is 5.91 Å². The van der Waals surface area contributed by atoms with Crippen molar-refractivity contribution in [3.8, 4) is 0 Å². The van der Waals surface area contributed by atoms with Crippen molar-refractivity contribution in [2.75, 3.05) is 11.4 Å². The number of rotatable bonds is 2.